The fourth-order valence-electron chi connectivity index (χ4n) is 3.57. The SMILES string of the molecule is O=C1/C(=C/c2c(F)cccc2Cl)SC(=Nc2cccnc2Cl)N1C1CCCCC1. The predicted octanol–water partition coefficient (Wildman–Crippen LogP) is 6.46. The Morgan fingerprint density at radius 1 is 1.17 bits per heavy atom. The van der Waals surface area contributed by atoms with Gasteiger partial charge >= 0.3 is 0 Å². The lowest BCUT2D eigenvalue weighted by Gasteiger charge is -2.30. The first kappa shape index (κ1) is 20.4. The van der Waals surface area contributed by atoms with E-state index < -0.39 is 5.82 Å². The summed E-state index contributed by atoms with van der Waals surface area (Å²) in [5, 5.41) is 1.07. The molecule has 0 unspecified atom stereocenters. The van der Waals surface area contributed by atoms with Gasteiger partial charge in [0.2, 0.25) is 0 Å². The summed E-state index contributed by atoms with van der Waals surface area (Å²) >= 11 is 13.5. The van der Waals surface area contributed by atoms with Crippen LogP contribution in [0.2, 0.25) is 10.2 Å². The monoisotopic (exact) mass is 449 g/mol. The van der Waals surface area contributed by atoms with Crippen LogP contribution in [0.25, 0.3) is 6.08 Å². The third-order valence-electron chi connectivity index (χ3n) is 5.01. The van der Waals surface area contributed by atoms with E-state index in [0.29, 0.717) is 15.8 Å². The van der Waals surface area contributed by atoms with Gasteiger partial charge in [-0.15, -0.1) is 0 Å². The minimum Gasteiger partial charge on any atom is -0.283 e. The quantitative estimate of drug-likeness (QED) is 0.398. The van der Waals surface area contributed by atoms with Gasteiger partial charge < -0.3 is 0 Å². The van der Waals surface area contributed by atoms with Gasteiger partial charge in [-0.3, -0.25) is 9.69 Å². The number of benzene rings is 1. The van der Waals surface area contributed by atoms with Crippen molar-refractivity contribution < 1.29 is 9.18 Å². The maximum atomic E-state index is 14.3. The molecule has 8 heteroatoms. The number of amidine groups is 1. The van der Waals surface area contributed by atoms with E-state index in [1.807, 2.05) is 0 Å². The molecule has 0 bridgehead atoms. The number of carbonyl (C=O) groups excluding carboxylic acids is 1. The van der Waals surface area contributed by atoms with E-state index in [2.05, 4.69) is 9.98 Å². The molecule has 2 aliphatic rings. The smallest absolute Gasteiger partial charge is 0.267 e. The number of aliphatic imine (C=N–C) groups is 1. The largest absolute Gasteiger partial charge is 0.283 e. The summed E-state index contributed by atoms with van der Waals surface area (Å²) in [7, 11) is 0. The molecule has 4 rings (SSSR count). The second kappa shape index (κ2) is 8.86. The number of carbonyl (C=O) groups is 1. The molecule has 0 spiro atoms. The van der Waals surface area contributed by atoms with Crippen molar-refractivity contribution in [3.8, 4) is 0 Å². The molecule has 1 amide bonds. The van der Waals surface area contributed by atoms with E-state index >= 15 is 0 Å². The van der Waals surface area contributed by atoms with Gasteiger partial charge in [-0.25, -0.2) is 14.4 Å². The minimum atomic E-state index is -0.469. The maximum Gasteiger partial charge on any atom is 0.267 e. The number of rotatable bonds is 3. The molecule has 0 atom stereocenters. The molecule has 0 N–H and O–H groups in total. The van der Waals surface area contributed by atoms with Crippen LogP contribution < -0.4 is 0 Å². The molecule has 1 saturated carbocycles. The lowest BCUT2D eigenvalue weighted by atomic mass is 9.94. The average molecular weight is 450 g/mol. The maximum absolute atomic E-state index is 14.3. The number of hydrogen-bond acceptors (Lipinski definition) is 4. The van der Waals surface area contributed by atoms with Crippen LogP contribution in [0.15, 0.2) is 46.4 Å². The van der Waals surface area contributed by atoms with Crippen molar-refractivity contribution >= 4 is 57.8 Å². The van der Waals surface area contributed by atoms with Gasteiger partial charge in [0.05, 0.1) is 9.93 Å². The Morgan fingerprint density at radius 3 is 2.69 bits per heavy atom. The summed E-state index contributed by atoms with van der Waals surface area (Å²) in [6.07, 6.45) is 8.23. The number of nitrogens with zero attached hydrogens (tertiary/aromatic N) is 3. The van der Waals surface area contributed by atoms with Gasteiger partial charge in [0.15, 0.2) is 10.3 Å². The minimum absolute atomic E-state index is 0.0694. The Hall–Kier alpha value is -1.89. The van der Waals surface area contributed by atoms with E-state index in [4.69, 9.17) is 23.2 Å². The molecule has 1 aliphatic heterocycles. The van der Waals surface area contributed by atoms with Gasteiger partial charge in [-0.1, -0.05) is 48.5 Å². The Labute approximate surface area is 182 Å². The van der Waals surface area contributed by atoms with E-state index in [1.165, 1.54) is 36.4 Å². The number of halogens is 3. The Kier molecular flexibility index (Phi) is 6.23. The first-order valence-electron chi connectivity index (χ1n) is 9.41. The summed E-state index contributed by atoms with van der Waals surface area (Å²) in [4.78, 5) is 24.1. The molecule has 2 fully saturated rings. The second-order valence-electron chi connectivity index (χ2n) is 6.92. The molecule has 1 aromatic carbocycles. The fourth-order valence-corrected chi connectivity index (χ4v) is 4.98. The van der Waals surface area contributed by atoms with Crippen molar-refractivity contribution in [1.29, 1.82) is 0 Å². The molecule has 4 nitrogen and oxygen atoms in total. The highest BCUT2D eigenvalue weighted by Gasteiger charge is 2.39. The lowest BCUT2D eigenvalue weighted by Crippen LogP contribution is -2.40. The molecule has 1 aliphatic carbocycles. The predicted molar refractivity (Wildman–Crippen MR) is 117 cm³/mol. The van der Waals surface area contributed by atoms with E-state index in [-0.39, 0.29) is 27.7 Å². The molecule has 0 radical (unpaired) electrons. The summed E-state index contributed by atoms with van der Waals surface area (Å²) in [6.45, 7) is 0. The third-order valence-corrected chi connectivity index (χ3v) is 6.61. The highest BCUT2D eigenvalue weighted by atomic mass is 35.5. The first-order valence-corrected chi connectivity index (χ1v) is 11.0. The Balaban J connectivity index is 1.76. The van der Waals surface area contributed by atoms with Crippen LogP contribution in [0.1, 0.15) is 37.7 Å². The molecule has 2 aromatic rings. The first-order chi connectivity index (χ1) is 14.0. The van der Waals surface area contributed by atoms with Crippen LogP contribution in [0.3, 0.4) is 0 Å². The lowest BCUT2D eigenvalue weighted by molar-refractivity contribution is -0.124. The van der Waals surface area contributed by atoms with Crippen molar-refractivity contribution in [2.24, 2.45) is 4.99 Å². The molecular weight excluding hydrogens is 432 g/mol. The van der Waals surface area contributed by atoms with Crippen molar-refractivity contribution in [1.82, 2.24) is 9.88 Å². The van der Waals surface area contributed by atoms with E-state index in [1.54, 1.807) is 29.3 Å². The number of amides is 1. The number of thioether (sulfide) groups is 1. The normalized spacial score (nSPS) is 20.8. The van der Waals surface area contributed by atoms with Gasteiger partial charge in [-0.05, 0) is 54.9 Å². The Morgan fingerprint density at radius 2 is 1.97 bits per heavy atom. The van der Waals surface area contributed by atoms with Gasteiger partial charge in [0.25, 0.3) is 5.91 Å². The number of pyridine rings is 1. The topological polar surface area (TPSA) is 45.6 Å². The van der Waals surface area contributed by atoms with E-state index in [9.17, 15) is 9.18 Å². The molecule has 2 heterocycles. The summed E-state index contributed by atoms with van der Waals surface area (Å²) in [5.41, 5.74) is 0.699. The van der Waals surface area contributed by atoms with Gasteiger partial charge in [0, 0.05) is 17.8 Å². The zero-order valence-corrected chi connectivity index (χ0v) is 17.8. The molecular formula is C21H18Cl2FN3OS. The fraction of sp³-hybridized carbons (Fsp3) is 0.286. The summed E-state index contributed by atoms with van der Waals surface area (Å²) in [6, 6.07) is 8.03. The van der Waals surface area contributed by atoms with Crippen LogP contribution >= 0.6 is 35.0 Å². The zero-order chi connectivity index (χ0) is 20.4. The van der Waals surface area contributed by atoms with Crippen LogP contribution in [-0.2, 0) is 4.79 Å². The van der Waals surface area contributed by atoms with Crippen LogP contribution in [-0.4, -0.2) is 27.0 Å². The van der Waals surface area contributed by atoms with Crippen molar-refractivity contribution in [3.63, 3.8) is 0 Å². The number of aromatic nitrogens is 1. The average Bonchev–Trinajstić information content (AvgIpc) is 3.02. The second-order valence-corrected chi connectivity index (χ2v) is 8.70. The zero-order valence-electron chi connectivity index (χ0n) is 15.4. The van der Waals surface area contributed by atoms with Crippen molar-refractivity contribution in [2.75, 3.05) is 0 Å². The third kappa shape index (κ3) is 4.34. The van der Waals surface area contributed by atoms with Gasteiger partial charge in [-0.2, -0.15) is 0 Å². The van der Waals surface area contributed by atoms with Crippen LogP contribution in [0.5, 0.6) is 0 Å². The molecule has 1 aromatic heterocycles. The van der Waals surface area contributed by atoms with Crippen molar-refractivity contribution in [2.45, 2.75) is 38.1 Å². The van der Waals surface area contributed by atoms with Crippen LogP contribution in [0, 0.1) is 5.82 Å². The summed E-state index contributed by atoms with van der Waals surface area (Å²) in [5.74, 6) is -0.650. The molecule has 150 valence electrons. The van der Waals surface area contributed by atoms with Crippen molar-refractivity contribution in [3.05, 3.63) is 63.0 Å². The highest BCUT2D eigenvalue weighted by molar-refractivity contribution is 8.18. The van der Waals surface area contributed by atoms with E-state index in [0.717, 1.165) is 25.7 Å². The highest BCUT2D eigenvalue weighted by Crippen LogP contribution is 2.40. The Bertz CT molecular complexity index is 985. The van der Waals surface area contributed by atoms with Gasteiger partial charge in [0.1, 0.15) is 11.5 Å². The van der Waals surface area contributed by atoms with Crippen LogP contribution in [0.4, 0.5) is 10.1 Å². The summed E-state index contributed by atoms with van der Waals surface area (Å²) < 4.78 is 14.3. The standard InChI is InChI=1S/C21H18Cl2FN3OS/c22-15-8-4-9-16(24)14(15)12-18-20(28)27(13-6-2-1-3-7-13)21(29-18)26-17-10-5-11-25-19(17)23/h4-5,8-13H,1-3,6-7H2/b18-12-,26-21?. The molecule has 29 heavy (non-hydrogen) atoms. The number of hydrogen-bond donors (Lipinski definition) is 0. The molecule has 1 saturated heterocycles.